The lowest BCUT2D eigenvalue weighted by atomic mass is 9.77. The van der Waals surface area contributed by atoms with E-state index in [0.717, 1.165) is 13.1 Å². The van der Waals surface area contributed by atoms with Gasteiger partial charge in [0.2, 0.25) is 0 Å². The van der Waals surface area contributed by atoms with Crippen molar-refractivity contribution in [1.29, 1.82) is 0 Å². The van der Waals surface area contributed by atoms with Gasteiger partial charge in [0, 0.05) is 24.9 Å². The van der Waals surface area contributed by atoms with Gasteiger partial charge in [0.1, 0.15) is 5.60 Å². The zero-order valence-electron chi connectivity index (χ0n) is 9.40. The van der Waals surface area contributed by atoms with Crippen molar-refractivity contribution in [3.05, 3.63) is 0 Å². The van der Waals surface area contributed by atoms with Crippen molar-refractivity contribution in [3.63, 3.8) is 0 Å². The van der Waals surface area contributed by atoms with E-state index in [1.807, 2.05) is 25.7 Å². The van der Waals surface area contributed by atoms with Gasteiger partial charge in [-0.15, -0.1) is 0 Å². The monoisotopic (exact) mass is 211 g/mol. The number of carbonyl (C=O) groups is 1. The van der Waals surface area contributed by atoms with Crippen LogP contribution in [0.4, 0.5) is 4.79 Å². The number of hydrogen-bond donors (Lipinski definition) is 0. The van der Waals surface area contributed by atoms with Crippen LogP contribution in [0.3, 0.4) is 0 Å². The fourth-order valence-corrected chi connectivity index (χ4v) is 2.70. The van der Waals surface area contributed by atoms with Gasteiger partial charge in [0.15, 0.2) is 0 Å². The van der Waals surface area contributed by atoms with E-state index in [9.17, 15) is 4.79 Å². The number of fused-ring (bicyclic) bond motifs is 4. The summed E-state index contributed by atoms with van der Waals surface area (Å²) >= 11 is 0. The Bertz CT molecular complexity index is 293. The Balaban J connectivity index is 1.58. The number of carbonyl (C=O) groups excluding carboxylic acids is 1. The second-order valence-corrected chi connectivity index (χ2v) is 5.78. The first-order valence-electron chi connectivity index (χ1n) is 5.59. The summed E-state index contributed by atoms with van der Waals surface area (Å²) in [6.07, 6.45) is 0.751. The molecule has 4 nitrogen and oxygen atoms in total. The first kappa shape index (κ1) is 9.46. The average molecular weight is 211 g/mol. The molecule has 84 valence electrons. The third-order valence-corrected chi connectivity index (χ3v) is 3.47. The van der Waals surface area contributed by atoms with Gasteiger partial charge in [-0.25, -0.2) is 4.79 Å². The predicted molar refractivity (Wildman–Crippen MR) is 53.4 cm³/mol. The van der Waals surface area contributed by atoms with E-state index in [2.05, 4.69) is 0 Å². The van der Waals surface area contributed by atoms with E-state index in [4.69, 9.17) is 9.47 Å². The van der Waals surface area contributed by atoms with Gasteiger partial charge in [0.05, 0.1) is 12.2 Å². The molecule has 2 saturated heterocycles. The molecular weight excluding hydrogens is 194 g/mol. The molecule has 2 aliphatic heterocycles. The molecule has 0 bridgehead atoms. The molecular formula is C11H17NO3. The minimum atomic E-state index is -0.391. The zero-order chi connectivity index (χ0) is 10.8. The summed E-state index contributed by atoms with van der Waals surface area (Å²) in [7, 11) is 0. The Kier molecular flexibility index (Phi) is 1.68. The SMILES string of the molecule is CC(C)(C)OC(=O)N1CC2C(C1)C1OC21. The summed E-state index contributed by atoms with van der Waals surface area (Å²) in [6, 6.07) is 0. The number of amides is 1. The third kappa shape index (κ3) is 1.42. The molecule has 0 spiro atoms. The van der Waals surface area contributed by atoms with Crippen molar-refractivity contribution in [1.82, 2.24) is 4.90 Å². The highest BCUT2D eigenvalue weighted by Gasteiger charge is 2.67. The van der Waals surface area contributed by atoms with Crippen LogP contribution in [-0.2, 0) is 9.47 Å². The lowest BCUT2D eigenvalue weighted by molar-refractivity contribution is 0.0282. The van der Waals surface area contributed by atoms with Crippen LogP contribution < -0.4 is 0 Å². The quantitative estimate of drug-likeness (QED) is 0.566. The van der Waals surface area contributed by atoms with Crippen molar-refractivity contribution in [2.45, 2.75) is 38.6 Å². The highest BCUT2D eigenvalue weighted by molar-refractivity contribution is 5.68. The molecule has 4 atom stereocenters. The number of nitrogens with zero attached hydrogens (tertiary/aromatic N) is 1. The Morgan fingerprint density at radius 2 is 1.80 bits per heavy atom. The Morgan fingerprint density at radius 3 is 2.27 bits per heavy atom. The highest BCUT2D eigenvalue weighted by atomic mass is 16.6. The summed E-state index contributed by atoms with van der Waals surface area (Å²) < 4.78 is 10.8. The average Bonchev–Trinajstić information content (AvgIpc) is 2.67. The largest absolute Gasteiger partial charge is 0.444 e. The van der Waals surface area contributed by atoms with Crippen LogP contribution in [0.2, 0.25) is 0 Å². The maximum atomic E-state index is 11.8. The van der Waals surface area contributed by atoms with Crippen LogP contribution in [0.5, 0.6) is 0 Å². The van der Waals surface area contributed by atoms with Gasteiger partial charge in [-0.2, -0.15) is 0 Å². The molecule has 0 N–H and O–H groups in total. The van der Waals surface area contributed by atoms with Gasteiger partial charge in [0.25, 0.3) is 0 Å². The molecule has 1 saturated carbocycles. The van der Waals surface area contributed by atoms with Crippen LogP contribution >= 0.6 is 0 Å². The normalized spacial score (nSPS) is 41.7. The fourth-order valence-electron chi connectivity index (χ4n) is 2.70. The standard InChI is InChI=1S/C11H17NO3/c1-11(2,3)15-10(13)12-4-6-7(5-12)9-8(6)14-9/h6-9H,4-5H2,1-3H3. The third-order valence-electron chi connectivity index (χ3n) is 3.47. The highest BCUT2D eigenvalue weighted by Crippen LogP contribution is 2.55. The molecule has 4 unspecified atom stereocenters. The zero-order valence-corrected chi connectivity index (χ0v) is 9.40. The Hall–Kier alpha value is -0.770. The molecule has 3 fully saturated rings. The van der Waals surface area contributed by atoms with E-state index >= 15 is 0 Å². The van der Waals surface area contributed by atoms with E-state index in [-0.39, 0.29) is 6.09 Å². The lowest BCUT2D eigenvalue weighted by Gasteiger charge is -2.24. The van der Waals surface area contributed by atoms with Gasteiger partial charge in [-0.05, 0) is 20.8 Å². The molecule has 3 rings (SSSR count). The molecule has 1 aliphatic carbocycles. The summed E-state index contributed by atoms with van der Waals surface area (Å²) in [5, 5.41) is 0. The minimum absolute atomic E-state index is 0.170. The van der Waals surface area contributed by atoms with Crippen molar-refractivity contribution in [3.8, 4) is 0 Å². The minimum Gasteiger partial charge on any atom is -0.444 e. The summed E-state index contributed by atoms with van der Waals surface area (Å²) in [6.45, 7) is 7.34. The van der Waals surface area contributed by atoms with Crippen molar-refractivity contribution >= 4 is 6.09 Å². The number of rotatable bonds is 0. The van der Waals surface area contributed by atoms with Crippen molar-refractivity contribution in [2.75, 3.05) is 13.1 Å². The second kappa shape index (κ2) is 2.67. The van der Waals surface area contributed by atoms with Crippen LogP contribution in [0, 0.1) is 11.8 Å². The molecule has 2 heterocycles. The van der Waals surface area contributed by atoms with Crippen LogP contribution in [0.25, 0.3) is 0 Å². The van der Waals surface area contributed by atoms with E-state index in [1.54, 1.807) is 0 Å². The first-order valence-corrected chi connectivity index (χ1v) is 5.59. The number of epoxide rings is 1. The molecule has 1 amide bonds. The first-order chi connectivity index (χ1) is 6.96. The number of ether oxygens (including phenoxy) is 2. The second-order valence-electron chi connectivity index (χ2n) is 5.78. The van der Waals surface area contributed by atoms with E-state index in [1.165, 1.54) is 0 Å². The predicted octanol–water partition coefficient (Wildman–Crippen LogP) is 1.25. The smallest absolute Gasteiger partial charge is 0.410 e. The summed E-state index contributed by atoms with van der Waals surface area (Å²) in [5.41, 5.74) is -0.391. The summed E-state index contributed by atoms with van der Waals surface area (Å²) in [4.78, 5) is 13.6. The summed E-state index contributed by atoms with van der Waals surface area (Å²) in [5.74, 6) is 1.17. The van der Waals surface area contributed by atoms with E-state index < -0.39 is 5.60 Å². The van der Waals surface area contributed by atoms with Crippen LogP contribution in [0.1, 0.15) is 20.8 Å². The molecule has 0 radical (unpaired) electrons. The fraction of sp³-hybridized carbons (Fsp3) is 0.909. The topological polar surface area (TPSA) is 42.1 Å². The Labute approximate surface area is 89.5 Å². The number of likely N-dealkylation sites (tertiary alicyclic amines) is 1. The Morgan fingerprint density at radius 1 is 1.27 bits per heavy atom. The van der Waals surface area contributed by atoms with Crippen molar-refractivity contribution in [2.24, 2.45) is 11.8 Å². The molecule has 4 heteroatoms. The maximum absolute atomic E-state index is 11.8. The molecule has 0 aromatic carbocycles. The van der Waals surface area contributed by atoms with Gasteiger partial charge in [-0.1, -0.05) is 0 Å². The molecule has 0 aromatic rings. The van der Waals surface area contributed by atoms with Gasteiger partial charge >= 0.3 is 6.09 Å². The van der Waals surface area contributed by atoms with E-state index in [0.29, 0.717) is 24.0 Å². The van der Waals surface area contributed by atoms with Gasteiger partial charge in [-0.3, -0.25) is 0 Å². The number of hydrogen-bond acceptors (Lipinski definition) is 3. The van der Waals surface area contributed by atoms with Crippen LogP contribution in [-0.4, -0.2) is 41.9 Å². The molecule has 3 aliphatic rings. The lowest BCUT2D eigenvalue weighted by Crippen LogP contribution is -2.35. The molecule has 0 aromatic heterocycles. The molecule has 15 heavy (non-hydrogen) atoms. The van der Waals surface area contributed by atoms with Crippen molar-refractivity contribution < 1.29 is 14.3 Å². The van der Waals surface area contributed by atoms with Crippen LogP contribution in [0.15, 0.2) is 0 Å². The maximum Gasteiger partial charge on any atom is 0.410 e. The van der Waals surface area contributed by atoms with Gasteiger partial charge < -0.3 is 14.4 Å².